The van der Waals surface area contributed by atoms with E-state index in [1.807, 2.05) is 6.92 Å². The van der Waals surface area contributed by atoms with E-state index in [4.69, 9.17) is 5.11 Å². The highest BCUT2D eigenvalue weighted by Crippen LogP contribution is 2.28. The van der Waals surface area contributed by atoms with Gasteiger partial charge in [-0.05, 0) is 40.2 Å². The van der Waals surface area contributed by atoms with Crippen molar-refractivity contribution in [2.24, 2.45) is 0 Å². The van der Waals surface area contributed by atoms with Gasteiger partial charge in [0.25, 0.3) is 0 Å². The summed E-state index contributed by atoms with van der Waals surface area (Å²) in [5.41, 5.74) is 0. The van der Waals surface area contributed by atoms with Crippen LogP contribution in [0, 0.1) is 13.8 Å². The van der Waals surface area contributed by atoms with Crippen molar-refractivity contribution in [1.82, 2.24) is 4.31 Å². The molecule has 1 rings (SSSR count). The quantitative estimate of drug-likeness (QED) is 0.838. The van der Waals surface area contributed by atoms with Crippen molar-refractivity contribution < 1.29 is 18.3 Å². The summed E-state index contributed by atoms with van der Waals surface area (Å²) in [6.07, 6.45) is 0.287. The zero-order valence-corrected chi connectivity index (χ0v) is 13.8. The Hall–Kier alpha value is -0.920. The van der Waals surface area contributed by atoms with Crippen LogP contribution in [0.3, 0.4) is 0 Å². The predicted molar refractivity (Wildman–Crippen MR) is 79.7 cm³/mol. The van der Waals surface area contributed by atoms with Gasteiger partial charge in [-0.15, -0.1) is 11.3 Å². The molecule has 0 aliphatic rings. The average molecular weight is 319 g/mol. The van der Waals surface area contributed by atoms with Gasteiger partial charge in [-0.25, -0.2) is 8.42 Å². The van der Waals surface area contributed by atoms with Gasteiger partial charge in [0.2, 0.25) is 10.0 Å². The monoisotopic (exact) mass is 319 g/mol. The van der Waals surface area contributed by atoms with Gasteiger partial charge in [0, 0.05) is 28.8 Å². The molecule has 0 radical (unpaired) electrons. The lowest BCUT2D eigenvalue weighted by molar-refractivity contribution is -0.137. The molecular weight excluding hydrogens is 298 g/mol. The zero-order chi connectivity index (χ0) is 15.5. The first kappa shape index (κ1) is 17.1. The summed E-state index contributed by atoms with van der Waals surface area (Å²) in [6.45, 7) is 7.49. The van der Waals surface area contributed by atoms with E-state index < -0.39 is 16.0 Å². The fourth-order valence-electron chi connectivity index (χ4n) is 2.03. The molecule has 0 bridgehead atoms. The van der Waals surface area contributed by atoms with Crippen molar-refractivity contribution in [1.29, 1.82) is 0 Å². The van der Waals surface area contributed by atoms with Crippen molar-refractivity contribution in [3.05, 3.63) is 15.8 Å². The molecule has 0 aliphatic heterocycles. The van der Waals surface area contributed by atoms with Crippen LogP contribution in [-0.2, 0) is 14.8 Å². The van der Waals surface area contributed by atoms with Crippen LogP contribution in [0.2, 0.25) is 0 Å². The Balaban J connectivity index is 3.01. The lowest BCUT2D eigenvalue weighted by Gasteiger charge is -2.25. The predicted octanol–water partition coefficient (Wildman–Crippen LogP) is 2.63. The van der Waals surface area contributed by atoms with E-state index in [1.165, 1.54) is 15.6 Å². The van der Waals surface area contributed by atoms with Gasteiger partial charge in [0.15, 0.2) is 0 Å². The number of nitrogens with zero attached hydrogens (tertiary/aromatic N) is 1. The number of carboxylic acid groups (broad SMARTS) is 1. The van der Waals surface area contributed by atoms with Crippen molar-refractivity contribution in [3.63, 3.8) is 0 Å². The minimum Gasteiger partial charge on any atom is -0.481 e. The van der Waals surface area contributed by atoms with Gasteiger partial charge in [-0.3, -0.25) is 4.79 Å². The molecule has 1 heterocycles. The number of thiophene rings is 1. The van der Waals surface area contributed by atoms with Gasteiger partial charge >= 0.3 is 5.97 Å². The van der Waals surface area contributed by atoms with E-state index >= 15 is 0 Å². The molecule has 1 aromatic rings. The molecule has 114 valence electrons. The Labute approximate surface area is 124 Å². The second-order valence-electron chi connectivity index (χ2n) is 4.98. The third kappa shape index (κ3) is 4.04. The van der Waals surface area contributed by atoms with Gasteiger partial charge in [0.1, 0.15) is 0 Å². The molecule has 20 heavy (non-hydrogen) atoms. The van der Waals surface area contributed by atoms with Crippen molar-refractivity contribution in [2.75, 3.05) is 6.54 Å². The molecule has 7 heteroatoms. The SMILES string of the molecule is Cc1cc(S(=O)(=O)N(CCCC(=O)O)C(C)C)c(C)s1. The number of carbonyl (C=O) groups is 1. The fraction of sp³-hybridized carbons (Fsp3) is 0.615. The first-order chi connectivity index (χ1) is 9.16. The first-order valence-corrected chi connectivity index (χ1v) is 8.72. The molecular formula is C13H21NO4S2. The summed E-state index contributed by atoms with van der Waals surface area (Å²) >= 11 is 1.45. The molecule has 1 N–H and O–H groups in total. The average Bonchev–Trinajstić information content (AvgIpc) is 2.63. The molecule has 0 fully saturated rings. The van der Waals surface area contributed by atoms with Crippen LogP contribution in [0.4, 0.5) is 0 Å². The summed E-state index contributed by atoms with van der Waals surface area (Å²) in [5, 5.41) is 8.67. The minimum atomic E-state index is -3.56. The lowest BCUT2D eigenvalue weighted by atomic mass is 10.3. The van der Waals surface area contributed by atoms with E-state index in [2.05, 4.69) is 0 Å². The summed E-state index contributed by atoms with van der Waals surface area (Å²) in [5.74, 6) is -0.909. The normalized spacial score (nSPS) is 12.3. The highest BCUT2D eigenvalue weighted by molar-refractivity contribution is 7.89. The van der Waals surface area contributed by atoms with Crippen molar-refractivity contribution in [3.8, 4) is 0 Å². The summed E-state index contributed by atoms with van der Waals surface area (Å²) < 4.78 is 26.7. The van der Waals surface area contributed by atoms with Crippen LogP contribution in [0.15, 0.2) is 11.0 Å². The maximum Gasteiger partial charge on any atom is 0.303 e. The molecule has 0 saturated carbocycles. The zero-order valence-electron chi connectivity index (χ0n) is 12.2. The maximum atomic E-state index is 12.7. The van der Waals surface area contributed by atoms with Gasteiger partial charge in [0.05, 0.1) is 4.90 Å². The van der Waals surface area contributed by atoms with Crippen LogP contribution in [-0.4, -0.2) is 36.4 Å². The molecule has 0 saturated heterocycles. The van der Waals surface area contributed by atoms with Gasteiger partial charge in [-0.2, -0.15) is 4.31 Å². The standard InChI is InChI=1S/C13H21NO4S2/c1-9(2)14(7-5-6-13(15)16)20(17,18)12-8-10(3)19-11(12)4/h8-9H,5-7H2,1-4H3,(H,15,16). The number of aliphatic carboxylic acids is 1. The van der Waals surface area contributed by atoms with E-state index in [-0.39, 0.29) is 19.0 Å². The first-order valence-electron chi connectivity index (χ1n) is 6.47. The molecule has 0 spiro atoms. The highest BCUT2D eigenvalue weighted by Gasteiger charge is 2.29. The van der Waals surface area contributed by atoms with Crippen LogP contribution in [0.25, 0.3) is 0 Å². The molecule has 0 aliphatic carbocycles. The number of rotatable bonds is 7. The number of hydrogen-bond donors (Lipinski definition) is 1. The number of hydrogen-bond acceptors (Lipinski definition) is 4. The fourth-order valence-corrected chi connectivity index (χ4v) is 5.23. The summed E-state index contributed by atoms with van der Waals surface area (Å²) in [6, 6.07) is 1.48. The molecule has 0 atom stereocenters. The van der Waals surface area contributed by atoms with Crippen molar-refractivity contribution in [2.45, 2.75) is 51.5 Å². The van der Waals surface area contributed by atoms with Crippen molar-refractivity contribution >= 4 is 27.3 Å². The topological polar surface area (TPSA) is 74.7 Å². The number of carboxylic acids is 1. The van der Waals surface area contributed by atoms with Crippen LogP contribution < -0.4 is 0 Å². The Morgan fingerprint density at radius 1 is 1.40 bits per heavy atom. The highest BCUT2D eigenvalue weighted by atomic mass is 32.2. The Kier molecular flexibility index (Phi) is 5.73. The second-order valence-corrected chi connectivity index (χ2v) is 8.30. The summed E-state index contributed by atoms with van der Waals surface area (Å²) in [7, 11) is -3.56. The van der Waals surface area contributed by atoms with Gasteiger partial charge in [-0.1, -0.05) is 0 Å². The Bertz CT molecular complexity index is 575. The third-order valence-corrected chi connectivity index (χ3v) is 6.22. The van der Waals surface area contributed by atoms with E-state index in [0.717, 1.165) is 9.75 Å². The van der Waals surface area contributed by atoms with E-state index in [0.29, 0.717) is 11.3 Å². The summed E-state index contributed by atoms with van der Waals surface area (Å²) in [4.78, 5) is 12.6. The third-order valence-electron chi connectivity index (χ3n) is 2.93. The minimum absolute atomic E-state index is 0.0274. The second kappa shape index (κ2) is 6.69. The van der Waals surface area contributed by atoms with E-state index in [1.54, 1.807) is 26.8 Å². The smallest absolute Gasteiger partial charge is 0.303 e. The molecule has 5 nitrogen and oxygen atoms in total. The lowest BCUT2D eigenvalue weighted by Crippen LogP contribution is -2.38. The van der Waals surface area contributed by atoms with Crippen LogP contribution in [0.5, 0.6) is 0 Å². The van der Waals surface area contributed by atoms with Gasteiger partial charge < -0.3 is 5.11 Å². The molecule has 0 amide bonds. The maximum absolute atomic E-state index is 12.7. The van der Waals surface area contributed by atoms with Crippen LogP contribution in [0.1, 0.15) is 36.4 Å². The molecule has 0 unspecified atom stereocenters. The number of sulfonamides is 1. The Morgan fingerprint density at radius 3 is 2.40 bits per heavy atom. The molecule has 1 aromatic heterocycles. The largest absolute Gasteiger partial charge is 0.481 e. The number of aryl methyl sites for hydroxylation is 2. The Morgan fingerprint density at radius 2 is 2.00 bits per heavy atom. The van der Waals surface area contributed by atoms with Crippen LogP contribution >= 0.6 is 11.3 Å². The van der Waals surface area contributed by atoms with E-state index in [9.17, 15) is 13.2 Å². The molecule has 0 aromatic carbocycles.